The van der Waals surface area contributed by atoms with E-state index in [1.807, 2.05) is 35.7 Å². The number of pyridine rings is 1. The lowest BCUT2D eigenvalue weighted by Crippen LogP contribution is -2.37. The molecular weight excluding hydrogens is 310 g/mol. The third-order valence-corrected chi connectivity index (χ3v) is 4.41. The van der Waals surface area contributed by atoms with Crippen LogP contribution in [0.15, 0.2) is 41.9 Å². The molecule has 1 aliphatic rings. The third kappa shape index (κ3) is 4.40. The summed E-state index contributed by atoms with van der Waals surface area (Å²) in [6.45, 7) is 3.55. The van der Waals surface area contributed by atoms with Gasteiger partial charge in [0.05, 0.1) is 13.2 Å². The van der Waals surface area contributed by atoms with Gasteiger partial charge < -0.3 is 15.0 Å². The number of morpholine rings is 1. The first-order valence-corrected chi connectivity index (χ1v) is 8.47. The van der Waals surface area contributed by atoms with Gasteiger partial charge in [-0.3, -0.25) is 4.79 Å². The van der Waals surface area contributed by atoms with Crippen molar-refractivity contribution in [3.05, 3.63) is 52.4 Å². The molecule has 6 heteroatoms. The van der Waals surface area contributed by atoms with Crippen LogP contribution in [-0.2, 0) is 16.1 Å². The average molecular weight is 329 g/mol. The normalized spacial score (nSPS) is 15.0. The molecule has 0 unspecified atom stereocenters. The minimum Gasteiger partial charge on any atom is -0.378 e. The van der Waals surface area contributed by atoms with Crippen LogP contribution < -0.4 is 10.2 Å². The van der Waals surface area contributed by atoms with Crippen molar-refractivity contribution < 1.29 is 9.53 Å². The second kappa shape index (κ2) is 7.89. The number of ether oxygens (including phenoxy) is 1. The maximum atomic E-state index is 12.0. The maximum absolute atomic E-state index is 12.0. The number of amides is 1. The van der Waals surface area contributed by atoms with Crippen LogP contribution in [0.25, 0.3) is 6.08 Å². The SMILES string of the molecule is O=C(/C=C/c1cccs1)NCc1cccnc1N1CCOCC1. The van der Waals surface area contributed by atoms with Crippen molar-refractivity contribution in [1.82, 2.24) is 10.3 Å². The second-order valence-corrected chi connectivity index (χ2v) is 6.13. The minimum absolute atomic E-state index is 0.102. The predicted molar refractivity (Wildman–Crippen MR) is 92.5 cm³/mol. The van der Waals surface area contributed by atoms with Crippen LogP contribution in [0.5, 0.6) is 0 Å². The molecule has 0 aromatic carbocycles. The number of rotatable bonds is 5. The van der Waals surface area contributed by atoms with Crippen molar-refractivity contribution >= 4 is 29.1 Å². The number of carbonyl (C=O) groups is 1. The number of nitrogens with one attached hydrogen (secondary N) is 1. The Labute approximate surface area is 139 Å². The summed E-state index contributed by atoms with van der Waals surface area (Å²) in [5.41, 5.74) is 1.02. The molecule has 1 aliphatic heterocycles. The van der Waals surface area contributed by atoms with E-state index in [0.29, 0.717) is 19.8 Å². The van der Waals surface area contributed by atoms with Gasteiger partial charge in [0.1, 0.15) is 5.82 Å². The summed E-state index contributed by atoms with van der Waals surface area (Å²) < 4.78 is 5.38. The average Bonchev–Trinajstić information content (AvgIpc) is 3.13. The Morgan fingerprint density at radius 1 is 1.35 bits per heavy atom. The first-order chi connectivity index (χ1) is 11.3. The molecule has 2 aromatic heterocycles. The maximum Gasteiger partial charge on any atom is 0.244 e. The van der Waals surface area contributed by atoms with E-state index >= 15 is 0 Å². The number of hydrogen-bond donors (Lipinski definition) is 1. The van der Waals surface area contributed by atoms with Crippen LogP contribution in [0.1, 0.15) is 10.4 Å². The molecule has 5 nitrogen and oxygen atoms in total. The molecule has 0 spiro atoms. The molecule has 3 heterocycles. The fraction of sp³-hybridized carbons (Fsp3) is 0.294. The van der Waals surface area contributed by atoms with Gasteiger partial charge in [-0.1, -0.05) is 12.1 Å². The second-order valence-electron chi connectivity index (χ2n) is 5.15. The van der Waals surface area contributed by atoms with Crippen molar-refractivity contribution in [3.8, 4) is 0 Å². The molecule has 0 saturated carbocycles. The molecule has 1 N–H and O–H groups in total. The van der Waals surface area contributed by atoms with E-state index in [1.165, 1.54) is 0 Å². The van der Waals surface area contributed by atoms with Gasteiger partial charge in [-0.2, -0.15) is 0 Å². The first-order valence-electron chi connectivity index (χ1n) is 7.59. The molecule has 0 radical (unpaired) electrons. The van der Waals surface area contributed by atoms with Crippen LogP contribution in [-0.4, -0.2) is 37.2 Å². The van der Waals surface area contributed by atoms with Crippen LogP contribution in [0.2, 0.25) is 0 Å². The summed E-state index contributed by atoms with van der Waals surface area (Å²) in [7, 11) is 0. The molecule has 0 bridgehead atoms. The van der Waals surface area contributed by atoms with Gasteiger partial charge >= 0.3 is 0 Å². The Bertz CT molecular complexity index is 664. The molecule has 1 fully saturated rings. The smallest absolute Gasteiger partial charge is 0.244 e. The van der Waals surface area contributed by atoms with Crippen LogP contribution in [0, 0.1) is 0 Å². The summed E-state index contributed by atoms with van der Waals surface area (Å²) in [6, 6.07) is 7.84. The summed E-state index contributed by atoms with van der Waals surface area (Å²) in [4.78, 5) is 19.7. The van der Waals surface area contributed by atoms with E-state index in [9.17, 15) is 4.79 Å². The Hall–Kier alpha value is -2.18. The van der Waals surface area contributed by atoms with Gasteiger partial charge in [-0.25, -0.2) is 4.98 Å². The quantitative estimate of drug-likeness (QED) is 0.855. The van der Waals surface area contributed by atoms with Crippen molar-refractivity contribution in [2.75, 3.05) is 31.2 Å². The standard InChI is InChI=1S/C17H19N3O2S/c21-16(6-5-15-4-2-12-23-15)19-13-14-3-1-7-18-17(14)20-8-10-22-11-9-20/h1-7,12H,8-11,13H2,(H,19,21)/b6-5+. The van der Waals surface area contributed by atoms with Gasteiger partial charge in [0.2, 0.25) is 5.91 Å². The summed E-state index contributed by atoms with van der Waals surface area (Å²) in [6.07, 6.45) is 5.18. The molecule has 1 amide bonds. The molecule has 120 valence electrons. The Morgan fingerprint density at radius 3 is 3.00 bits per heavy atom. The molecule has 1 saturated heterocycles. The fourth-order valence-corrected chi connectivity index (χ4v) is 3.03. The van der Waals surface area contributed by atoms with E-state index < -0.39 is 0 Å². The molecule has 0 atom stereocenters. The van der Waals surface area contributed by atoms with E-state index in [-0.39, 0.29) is 5.91 Å². The van der Waals surface area contributed by atoms with Gasteiger partial charge in [-0.15, -0.1) is 11.3 Å². The van der Waals surface area contributed by atoms with E-state index in [2.05, 4.69) is 15.2 Å². The summed E-state index contributed by atoms with van der Waals surface area (Å²) >= 11 is 1.61. The Kier molecular flexibility index (Phi) is 5.39. The lowest BCUT2D eigenvalue weighted by molar-refractivity contribution is -0.116. The molecule has 23 heavy (non-hydrogen) atoms. The molecule has 3 rings (SSSR count). The van der Waals surface area contributed by atoms with Crippen molar-refractivity contribution in [2.45, 2.75) is 6.54 Å². The minimum atomic E-state index is -0.102. The topological polar surface area (TPSA) is 54.5 Å². The van der Waals surface area contributed by atoms with Crippen LogP contribution in [0.3, 0.4) is 0 Å². The number of anilines is 1. The molecule has 2 aromatic rings. The summed E-state index contributed by atoms with van der Waals surface area (Å²) in [5, 5.41) is 4.91. The van der Waals surface area contributed by atoms with Gasteiger partial charge in [-0.05, 0) is 23.6 Å². The zero-order chi connectivity index (χ0) is 15.9. The Morgan fingerprint density at radius 2 is 2.22 bits per heavy atom. The van der Waals surface area contributed by atoms with E-state index in [4.69, 9.17) is 4.74 Å². The fourth-order valence-electron chi connectivity index (χ4n) is 2.41. The highest BCUT2D eigenvalue weighted by Crippen LogP contribution is 2.18. The van der Waals surface area contributed by atoms with E-state index in [0.717, 1.165) is 29.3 Å². The largest absolute Gasteiger partial charge is 0.378 e. The van der Waals surface area contributed by atoms with Crippen LogP contribution >= 0.6 is 11.3 Å². The highest BCUT2D eigenvalue weighted by atomic mass is 32.1. The third-order valence-electron chi connectivity index (χ3n) is 3.57. The monoisotopic (exact) mass is 329 g/mol. The zero-order valence-electron chi connectivity index (χ0n) is 12.8. The van der Waals surface area contributed by atoms with Crippen LogP contribution in [0.4, 0.5) is 5.82 Å². The predicted octanol–water partition coefficient (Wildman–Crippen LogP) is 2.31. The van der Waals surface area contributed by atoms with Gasteiger partial charge in [0.15, 0.2) is 0 Å². The summed E-state index contributed by atoms with van der Waals surface area (Å²) in [5.74, 6) is 0.827. The first kappa shape index (κ1) is 15.7. The highest BCUT2D eigenvalue weighted by molar-refractivity contribution is 7.10. The van der Waals surface area contributed by atoms with Crippen molar-refractivity contribution in [3.63, 3.8) is 0 Å². The highest BCUT2D eigenvalue weighted by Gasteiger charge is 2.15. The van der Waals surface area contributed by atoms with Gasteiger partial charge in [0, 0.05) is 42.3 Å². The van der Waals surface area contributed by atoms with E-state index in [1.54, 1.807) is 23.6 Å². The molecule has 0 aliphatic carbocycles. The zero-order valence-corrected chi connectivity index (χ0v) is 13.6. The number of carbonyl (C=O) groups excluding carboxylic acids is 1. The number of thiophene rings is 1. The van der Waals surface area contributed by atoms with Gasteiger partial charge in [0.25, 0.3) is 0 Å². The number of hydrogen-bond acceptors (Lipinski definition) is 5. The van der Waals surface area contributed by atoms with Crippen molar-refractivity contribution in [2.24, 2.45) is 0 Å². The lowest BCUT2D eigenvalue weighted by Gasteiger charge is -2.29. The number of nitrogens with zero attached hydrogens (tertiary/aromatic N) is 2. The molecular formula is C17H19N3O2S. The Balaban J connectivity index is 1.60. The van der Waals surface area contributed by atoms with Crippen molar-refractivity contribution in [1.29, 1.82) is 0 Å². The number of aromatic nitrogens is 1. The lowest BCUT2D eigenvalue weighted by atomic mass is 10.2.